The van der Waals surface area contributed by atoms with Crippen LogP contribution in [0.2, 0.25) is 0 Å². The van der Waals surface area contributed by atoms with Gasteiger partial charge in [0.25, 0.3) is 5.24 Å². The Hall–Kier alpha value is 1.17. The molecule has 14 heavy (non-hydrogen) atoms. The summed E-state index contributed by atoms with van der Waals surface area (Å²) in [6.45, 7) is 2.91. The Labute approximate surface area is 120 Å². The quantitative estimate of drug-likeness (QED) is 0.401. The zero-order valence-electron chi connectivity index (χ0n) is 8.20. The second kappa shape index (κ2) is 12.2. The first-order valence-corrected chi connectivity index (χ1v) is 5.72. The van der Waals surface area contributed by atoms with Crippen molar-refractivity contribution in [3.8, 4) is 0 Å². The van der Waals surface area contributed by atoms with E-state index in [4.69, 9.17) is 0 Å². The Morgan fingerprint density at radius 2 is 1.64 bits per heavy atom. The number of carbonyl (C=O) groups excluding carboxylic acids is 1. The average Bonchev–Trinajstić information content (AvgIpc) is 2.10. The van der Waals surface area contributed by atoms with Gasteiger partial charge in [-0.2, -0.15) is 0 Å². The standard InChI is InChI=1S/C9H19NOS2.Na.H/c1-2-3-4-5-6-7-8-10(13)9(11)12;;/h13H,2-8H2,1H3,(H,11,12);;. The molecule has 0 atom stereocenters. The van der Waals surface area contributed by atoms with E-state index in [0.29, 0.717) is 6.54 Å². The average molecular weight is 245 g/mol. The van der Waals surface area contributed by atoms with Crippen LogP contribution >= 0.6 is 25.4 Å². The molecule has 0 saturated carbocycles. The van der Waals surface area contributed by atoms with E-state index in [-0.39, 0.29) is 34.8 Å². The molecule has 80 valence electrons. The number of hydrogen-bond acceptors (Lipinski definition) is 2. The number of amides is 1. The molecule has 0 bridgehead atoms. The van der Waals surface area contributed by atoms with E-state index in [9.17, 15) is 4.79 Å². The second-order valence-electron chi connectivity index (χ2n) is 3.17. The van der Waals surface area contributed by atoms with Gasteiger partial charge in [0, 0.05) is 6.54 Å². The molecule has 0 radical (unpaired) electrons. The predicted molar refractivity (Wildman–Crippen MR) is 70.6 cm³/mol. The van der Waals surface area contributed by atoms with E-state index in [1.165, 1.54) is 36.4 Å². The van der Waals surface area contributed by atoms with Gasteiger partial charge < -0.3 is 0 Å². The normalized spacial score (nSPS) is 9.36. The Morgan fingerprint density at radius 3 is 2.14 bits per heavy atom. The Bertz CT molecular complexity index is 147. The Kier molecular flexibility index (Phi) is 15.4. The summed E-state index contributed by atoms with van der Waals surface area (Å²) in [5.74, 6) is 0. The van der Waals surface area contributed by atoms with Crippen LogP contribution in [-0.2, 0) is 0 Å². The molecular formula is C9H20NNaOS2. The molecule has 0 rings (SSSR count). The molecule has 0 aromatic heterocycles. The van der Waals surface area contributed by atoms with Crippen LogP contribution in [0.15, 0.2) is 0 Å². The number of carbonyl (C=O) groups is 1. The summed E-state index contributed by atoms with van der Waals surface area (Å²) in [7, 11) is 0. The minimum atomic E-state index is -0.267. The summed E-state index contributed by atoms with van der Waals surface area (Å²) in [6.07, 6.45) is 7.36. The summed E-state index contributed by atoms with van der Waals surface area (Å²) in [5, 5.41) is -0.267. The third kappa shape index (κ3) is 11.2. The van der Waals surface area contributed by atoms with Crippen molar-refractivity contribution >= 4 is 60.2 Å². The van der Waals surface area contributed by atoms with Gasteiger partial charge in [0.1, 0.15) is 0 Å². The van der Waals surface area contributed by atoms with Gasteiger partial charge in [-0.3, -0.25) is 9.10 Å². The van der Waals surface area contributed by atoms with Gasteiger partial charge in [-0.1, -0.05) is 64.5 Å². The van der Waals surface area contributed by atoms with E-state index in [1.807, 2.05) is 0 Å². The zero-order chi connectivity index (χ0) is 10.1. The topological polar surface area (TPSA) is 20.3 Å². The van der Waals surface area contributed by atoms with Crippen molar-refractivity contribution in [1.29, 1.82) is 0 Å². The molecule has 0 aromatic carbocycles. The van der Waals surface area contributed by atoms with Crippen molar-refractivity contribution in [3.63, 3.8) is 0 Å². The number of thiol groups is 2. The maximum absolute atomic E-state index is 10.6. The molecule has 5 heteroatoms. The molecule has 0 heterocycles. The zero-order valence-corrected chi connectivity index (χ0v) is 9.99. The fourth-order valence-corrected chi connectivity index (χ4v) is 1.38. The monoisotopic (exact) mass is 245 g/mol. The van der Waals surface area contributed by atoms with Crippen LogP contribution in [0.25, 0.3) is 0 Å². The molecule has 0 aromatic rings. The van der Waals surface area contributed by atoms with Gasteiger partial charge in [-0.15, -0.1) is 0 Å². The summed E-state index contributed by atoms with van der Waals surface area (Å²) < 4.78 is 1.35. The summed E-state index contributed by atoms with van der Waals surface area (Å²) >= 11 is 7.64. The van der Waals surface area contributed by atoms with E-state index in [1.54, 1.807) is 0 Å². The fourth-order valence-electron chi connectivity index (χ4n) is 1.14. The van der Waals surface area contributed by atoms with Crippen LogP contribution in [-0.4, -0.2) is 45.6 Å². The second-order valence-corrected chi connectivity index (χ2v) is 4.04. The fraction of sp³-hybridized carbons (Fsp3) is 0.889. The molecule has 0 saturated heterocycles. The van der Waals surface area contributed by atoms with Gasteiger partial charge in [-0.25, -0.2) is 0 Å². The van der Waals surface area contributed by atoms with Crippen LogP contribution in [0, 0.1) is 0 Å². The summed E-state index contributed by atoms with van der Waals surface area (Å²) in [6, 6.07) is 0. The first-order valence-electron chi connectivity index (χ1n) is 4.87. The molecule has 0 aliphatic heterocycles. The van der Waals surface area contributed by atoms with Crippen molar-refractivity contribution in [2.45, 2.75) is 45.4 Å². The van der Waals surface area contributed by atoms with Crippen molar-refractivity contribution in [1.82, 2.24) is 4.31 Å². The number of nitrogens with zero attached hydrogens (tertiary/aromatic N) is 1. The molecule has 2 nitrogen and oxygen atoms in total. The predicted octanol–water partition coefficient (Wildman–Crippen LogP) is 2.90. The van der Waals surface area contributed by atoms with Crippen LogP contribution in [0.3, 0.4) is 0 Å². The summed E-state index contributed by atoms with van der Waals surface area (Å²) in [4.78, 5) is 10.6. The minimum absolute atomic E-state index is 0. The van der Waals surface area contributed by atoms with Gasteiger partial charge in [0.15, 0.2) is 0 Å². The van der Waals surface area contributed by atoms with Gasteiger partial charge in [0.2, 0.25) is 0 Å². The Morgan fingerprint density at radius 1 is 1.14 bits per heavy atom. The SMILES string of the molecule is CCCCCCCCN(S)C(=O)S.[NaH]. The van der Waals surface area contributed by atoms with Crippen LogP contribution < -0.4 is 0 Å². The van der Waals surface area contributed by atoms with Crippen molar-refractivity contribution < 1.29 is 4.79 Å². The van der Waals surface area contributed by atoms with E-state index in [2.05, 4.69) is 32.4 Å². The number of rotatable bonds is 7. The molecule has 0 aliphatic rings. The molecule has 1 amide bonds. The van der Waals surface area contributed by atoms with Crippen LogP contribution in [0.5, 0.6) is 0 Å². The molecule has 0 aliphatic carbocycles. The molecular weight excluding hydrogens is 225 g/mol. The third-order valence-electron chi connectivity index (χ3n) is 1.94. The van der Waals surface area contributed by atoms with Crippen molar-refractivity contribution in [2.24, 2.45) is 0 Å². The first-order chi connectivity index (χ1) is 6.18. The number of unbranched alkanes of at least 4 members (excludes halogenated alkanes) is 5. The molecule has 0 N–H and O–H groups in total. The van der Waals surface area contributed by atoms with E-state index in [0.717, 1.165) is 6.42 Å². The van der Waals surface area contributed by atoms with Gasteiger partial charge in [0.05, 0.1) is 0 Å². The number of hydrogen-bond donors (Lipinski definition) is 2. The Balaban J connectivity index is 0. The molecule has 0 fully saturated rings. The van der Waals surface area contributed by atoms with Crippen molar-refractivity contribution in [2.75, 3.05) is 6.54 Å². The van der Waals surface area contributed by atoms with E-state index < -0.39 is 0 Å². The first kappa shape index (κ1) is 17.6. The van der Waals surface area contributed by atoms with Crippen molar-refractivity contribution in [3.05, 3.63) is 0 Å². The van der Waals surface area contributed by atoms with Gasteiger partial charge in [-0.05, 0) is 6.42 Å². The third-order valence-corrected chi connectivity index (χ3v) is 2.73. The van der Waals surface area contributed by atoms with E-state index >= 15 is 0 Å². The van der Waals surface area contributed by atoms with Crippen LogP contribution in [0.1, 0.15) is 45.4 Å². The summed E-state index contributed by atoms with van der Waals surface area (Å²) in [5.41, 5.74) is 0. The molecule has 0 spiro atoms. The van der Waals surface area contributed by atoms with Crippen LogP contribution in [0.4, 0.5) is 4.79 Å². The van der Waals surface area contributed by atoms with Gasteiger partial charge >= 0.3 is 29.6 Å². The maximum atomic E-state index is 10.6. The molecule has 0 unspecified atom stereocenters.